The molecule has 0 atom stereocenters. The Bertz CT molecular complexity index is 664. The highest BCUT2D eigenvalue weighted by molar-refractivity contribution is 9.08. The molecule has 0 aliphatic rings. The van der Waals surface area contributed by atoms with Crippen LogP contribution in [-0.4, -0.2) is 34.4 Å². The highest BCUT2D eigenvalue weighted by Crippen LogP contribution is 2.16. The van der Waals surface area contributed by atoms with E-state index in [-0.39, 0.29) is 11.4 Å². The number of halogens is 1. The molecule has 0 unspecified atom stereocenters. The molecule has 114 valence electrons. The van der Waals surface area contributed by atoms with Gasteiger partial charge < -0.3 is 0 Å². The molecule has 0 saturated carbocycles. The van der Waals surface area contributed by atoms with E-state index in [9.17, 15) is 16.8 Å². The van der Waals surface area contributed by atoms with Crippen molar-refractivity contribution in [2.75, 3.05) is 12.8 Å². The molecule has 0 saturated heterocycles. The van der Waals surface area contributed by atoms with Crippen LogP contribution < -0.4 is 4.72 Å². The Morgan fingerprint density at radius 1 is 1.10 bits per heavy atom. The summed E-state index contributed by atoms with van der Waals surface area (Å²) >= 11 is 3.28. The van der Waals surface area contributed by atoms with E-state index >= 15 is 0 Å². The molecule has 1 aromatic rings. The molecule has 1 aromatic carbocycles. The number of alkyl halides is 1. The molecule has 5 nitrogen and oxygen atoms in total. The van der Waals surface area contributed by atoms with Gasteiger partial charge >= 0.3 is 0 Å². The summed E-state index contributed by atoms with van der Waals surface area (Å²) in [6.07, 6.45) is 1.09. The summed E-state index contributed by atoms with van der Waals surface area (Å²) in [4.78, 5) is 0.117. The minimum Gasteiger partial charge on any atom is -0.229 e. The smallest absolute Gasteiger partial charge is 0.229 e. The maximum atomic E-state index is 12.1. The van der Waals surface area contributed by atoms with E-state index < -0.39 is 24.6 Å². The molecular weight excluding hydrogens is 366 g/mol. The second kappa shape index (κ2) is 6.13. The van der Waals surface area contributed by atoms with Gasteiger partial charge in [-0.15, -0.1) is 0 Å². The summed E-state index contributed by atoms with van der Waals surface area (Å²) in [5.41, 5.74) is 0.959. The van der Waals surface area contributed by atoms with Gasteiger partial charge in [-0.1, -0.05) is 28.1 Å². The Hall–Kier alpha value is -0.440. The standard InChI is InChI=1S/C12H18BrNO4S2/c1-12(2,19(3,15)16)9-14-20(17,18)11-6-4-10(8-13)5-7-11/h4-7,14H,8-9H2,1-3H3. The summed E-state index contributed by atoms with van der Waals surface area (Å²) in [5.74, 6) is 0. The van der Waals surface area contributed by atoms with Gasteiger partial charge in [0.1, 0.15) is 0 Å². The quantitative estimate of drug-likeness (QED) is 0.757. The predicted octanol–water partition coefficient (Wildman–Crippen LogP) is 1.68. The lowest BCUT2D eigenvalue weighted by atomic mass is 10.2. The molecule has 0 spiro atoms. The molecule has 1 rings (SSSR count). The topological polar surface area (TPSA) is 80.3 Å². The van der Waals surface area contributed by atoms with Crippen molar-refractivity contribution in [2.24, 2.45) is 0 Å². The lowest BCUT2D eigenvalue weighted by Gasteiger charge is -2.22. The van der Waals surface area contributed by atoms with E-state index in [4.69, 9.17) is 0 Å². The normalized spacial score (nSPS) is 13.4. The van der Waals surface area contributed by atoms with Crippen LogP contribution in [0, 0.1) is 0 Å². The van der Waals surface area contributed by atoms with Crippen LogP contribution in [-0.2, 0) is 25.2 Å². The van der Waals surface area contributed by atoms with Crippen LogP contribution in [0.5, 0.6) is 0 Å². The van der Waals surface area contributed by atoms with Gasteiger partial charge in [0.25, 0.3) is 0 Å². The molecule has 20 heavy (non-hydrogen) atoms. The number of benzene rings is 1. The molecule has 0 radical (unpaired) electrons. The number of sulfone groups is 1. The monoisotopic (exact) mass is 383 g/mol. The lowest BCUT2D eigenvalue weighted by Crippen LogP contribution is -2.43. The van der Waals surface area contributed by atoms with Crippen LogP contribution >= 0.6 is 15.9 Å². The van der Waals surface area contributed by atoms with E-state index in [1.165, 1.54) is 26.0 Å². The Morgan fingerprint density at radius 3 is 2.00 bits per heavy atom. The predicted molar refractivity (Wildman–Crippen MR) is 83.2 cm³/mol. The molecule has 1 N–H and O–H groups in total. The summed E-state index contributed by atoms with van der Waals surface area (Å²) in [5, 5.41) is 0.641. The van der Waals surface area contributed by atoms with E-state index in [2.05, 4.69) is 20.7 Å². The molecule has 0 amide bonds. The molecule has 0 heterocycles. The molecule has 0 bridgehead atoms. The van der Waals surface area contributed by atoms with E-state index in [1.54, 1.807) is 12.1 Å². The van der Waals surface area contributed by atoms with Gasteiger partial charge in [-0.2, -0.15) is 0 Å². The summed E-state index contributed by atoms with van der Waals surface area (Å²) in [7, 11) is -7.06. The molecular formula is C12H18BrNO4S2. The average Bonchev–Trinajstić information content (AvgIpc) is 2.35. The minimum absolute atomic E-state index is 0.117. The highest BCUT2D eigenvalue weighted by Gasteiger charge is 2.31. The second-order valence-electron chi connectivity index (χ2n) is 5.13. The number of hydrogen-bond acceptors (Lipinski definition) is 4. The number of sulfonamides is 1. The zero-order chi connectivity index (χ0) is 15.6. The molecule has 0 aliphatic heterocycles. The fourth-order valence-corrected chi connectivity index (χ4v) is 3.25. The molecule has 8 heteroatoms. The van der Waals surface area contributed by atoms with Crippen molar-refractivity contribution in [1.29, 1.82) is 0 Å². The summed E-state index contributed by atoms with van der Waals surface area (Å²) in [6, 6.07) is 6.38. The summed E-state index contributed by atoms with van der Waals surface area (Å²) in [6.45, 7) is 2.80. The highest BCUT2D eigenvalue weighted by atomic mass is 79.9. The van der Waals surface area contributed by atoms with Crippen molar-refractivity contribution in [3.63, 3.8) is 0 Å². The average molecular weight is 384 g/mol. The van der Waals surface area contributed by atoms with Crippen molar-refractivity contribution < 1.29 is 16.8 Å². The Balaban J connectivity index is 2.90. The van der Waals surface area contributed by atoms with Crippen molar-refractivity contribution in [1.82, 2.24) is 4.72 Å². The van der Waals surface area contributed by atoms with Crippen molar-refractivity contribution >= 4 is 35.8 Å². The maximum Gasteiger partial charge on any atom is 0.240 e. The van der Waals surface area contributed by atoms with Crippen molar-refractivity contribution in [3.8, 4) is 0 Å². The number of hydrogen-bond donors (Lipinski definition) is 1. The zero-order valence-corrected chi connectivity index (χ0v) is 14.8. The van der Waals surface area contributed by atoms with Crippen LogP contribution in [0.4, 0.5) is 0 Å². The number of rotatable bonds is 6. The third kappa shape index (κ3) is 4.28. The van der Waals surface area contributed by atoms with Gasteiger partial charge in [0.15, 0.2) is 9.84 Å². The van der Waals surface area contributed by atoms with Crippen LogP contribution in [0.1, 0.15) is 19.4 Å². The first kappa shape index (κ1) is 17.6. The lowest BCUT2D eigenvalue weighted by molar-refractivity contribution is 0.537. The van der Waals surface area contributed by atoms with Crippen LogP contribution in [0.3, 0.4) is 0 Å². The minimum atomic E-state index is -3.71. The molecule has 0 fully saturated rings. The molecule has 0 aliphatic carbocycles. The van der Waals surface area contributed by atoms with Crippen LogP contribution in [0.15, 0.2) is 29.2 Å². The van der Waals surface area contributed by atoms with Gasteiger partial charge in [-0.05, 0) is 31.5 Å². The SMILES string of the molecule is CC(C)(CNS(=O)(=O)c1ccc(CBr)cc1)S(C)(=O)=O. The van der Waals surface area contributed by atoms with Gasteiger partial charge in [-0.25, -0.2) is 21.6 Å². The van der Waals surface area contributed by atoms with E-state index in [0.29, 0.717) is 5.33 Å². The third-order valence-corrected chi connectivity index (χ3v) is 7.30. The fraction of sp³-hybridized carbons (Fsp3) is 0.500. The van der Waals surface area contributed by atoms with E-state index in [1.807, 2.05) is 0 Å². The number of nitrogens with one attached hydrogen (secondary N) is 1. The van der Waals surface area contributed by atoms with Gasteiger partial charge in [0.2, 0.25) is 10.0 Å². The largest absolute Gasteiger partial charge is 0.240 e. The molecule has 0 aromatic heterocycles. The van der Waals surface area contributed by atoms with Crippen LogP contribution in [0.25, 0.3) is 0 Å². The first-order valence-electron chi connectivity index (χ1n) is 5.84. The second-order valence-corrected chi connectivity index (χ2v) is 10.1. The van der Waals surface area contributed by atoms with Crippen LogP contribution in [0.2, 0.25) is 0 Å². The fourth-order valence-electron chi connectivity index (χ4n) is 1.24. The first-order valence-corrected chi connectivity index (χ1v) is 10.3. The van der Waals surface area contributed by atoms with Gasteiger partial charge in [0.05, 0.1) is 9.64 Å². The van der Waals surface area contributed by atoms with Gasteiger partial charge in [0, 0.05) is 18.1 Å². The van der Waals surface area contributed by atoms with Gasteiger partial charge in [-0.3, -0.25) is 0 Å². The van der Waals surface area contributed by atoms with Crippen molar-refractivity contribution in [2.45, 2.75) is 28.8 Å². The summed E-state index contributed by atoms with van der Waals surface area (Å²) < 4.78 is 48.5. The zero-order valence-electron chi connectivity index (χ0n) is 11.6. The third-order valence-electron chi connectivity index (χ3n) is 3.08. The van der Waals surface area contributed by atoms with E-state index in [0.717, 1.165) is 11.8 Å². The Labute approximate surface area is 128 Å². The first-order chi connectivity index (χ1) is 8.99. The Morgan fingerprint density at radius 2 is 1.60 bits per heavy atom. The maximum absolute atomic E-state index is 12.1. The Kier molecular flexibility index (Phi) is 5.40. The van der Waals surface area contributed by atoms with Crippen molar-refractivity contribution in [3.05, 3.63) is 29.8 Å².